The second-order valence-electron chi connectivity index (χ2n) is 8.02. The van der Waals surface area contributed by atoms with Crippen LogP contribution in [0.1, 0.15) is 41.4 Å². The van der Waals surface area contributed by atoms with E-state index in [2.05, 4.69) is 24.0 Å². The van der Waals surface area contributed by atoms with Gasteiger partial charge in [0.25, 0.3) is 5.91 Å². The predicted octanol–water partition coefficient (Wildman–Crippen LogP) is 2.64. The van der Waals surface area contributed by atoms with Gasteiger partial charge in [0.1, 0.15) is 5.58 Å². The first-order chi connectivity index (χ1) is 13.4. The molecule has 3 heterocycles. The van der Waals surface area contributed by atoms with Gasteiger partial charge in [0, 0.05) is 43.2 Å². The molecule has 4 rings (SSSR count). The van der Waals surface area contributed by atoms with Crippen LogP contribution in [0, 0.1) is 6.92 Å². The summed E-state index contributed by atoms with van der Waals surface area (Å²) in [5.74, 6) is 0.906. The first-order valence-electron chi connectivity index (χ1n) is 10.1. The average molecular weight is 405 g/mol. The van der Waals surface area contributed by atoms with E-state index in [1.807, 2.05) is 17.9 Å². The van der Waals surface area contributed by atoms with Crippen LogP contribution in [0.5, 0.6) is 0 Å². The summed E-state index contributed by atoms with van der Waals surface area (Å²) in [5.41, 5.74) is 2.93. The molecule has 2 aliphatic rings. The number of piperazine rings is 1. The number of benzene rings is 1. The van der Waals surface area contributed by atoms with E-state index in [1.165, 1.54) is 5.56 Å². The van der Waals surface area contributed by atoms with Crippen LogP contribution in [0.2, 0.25) is 0 Å². The summed E-state index contributed by atoms with van der Waals surface area (Å²) < 4.78 is 29.4. The lowest BCUT2D eigenvalue weighted by Gasteiger charge is -2.37. The molecule has 152 valence electrons. The Balaban J connectivity index is 1.46. The maximum absolute atomic E-state index is 13.0. The van der Waals surface area contributed by atoms with Crippen LogP contribution in [0.4, 0.5) is 0 Å². The summed E-state index contributed by atoms with van der Waals surface area (Å²) in [4.78, 5) is 17.1. The third-order valence-electron chi connectivity index (χ3n) is 6.06. The normalized spacial score (nSPS) is 22.8. The molecule has 2 aromatic rings. The highest BCUT2D eigenvalue weighted by Gasteiger charge is 2.35. The summed E-state index contributed by atoms with van der Waals surface area (Å²) in [6, 6.07) is 6.26. The molecule has 0 radical (unpaired) electrons. The largest absolute Gasteiger partial charge is 0.451 e. The molecule has 1 atom stereocenters. The molecule has 1 amide bonds. The first-order valence-corrected chi connectivity index (χ1v) is 12.0. The highest BCUT2D eigenvalue weighted by Crippen LogP contribution is 2.28. The molecule has 28 heavy (non-hydrogen) atoms. The number of rotatable bonds is 4. The van der Waals surface area contributed by atoms with Crippen molar-refractivity contribution in [2.45, 2.75) is 39.2 Å². The van der Waals surface area contributed by atoms with Gasteiger partial charge in [0.05, 0.1) is 11.5 Å². The van der Waals surface area contributed by atoms with Crippen molar-refractivity contribution in [2.75, 3.05) is 37.7 Å². The lowest BCUT2D eigenvalue weighted by molar-refractivity contribution is 0.0560. The van der Waals surface area contributed by atoms with Gasteiger partial charge in [-0.2, -0.15) is 0 Å². The summed E-state index contributed by atoms with van der Waals surface area (Å²) in [7, 11) is -2.88. The molecule has 0 N–H and O–H groups in total. The molecule has 0 bridgehead atoms. The maximum atomic E-state index is 13.0. The van der Waals surface area contributed by atoms with Gasteiger partial charge in [-0.1, -0.05) is 19.4 Å². The molecule has 0 spiro atoms. The van der Waals surface area contributed by atoms with Gasteiger partial charge in [-0.15, -0.1) is 0 Å². The topological polar surface area (TPSA) is 70.8 Å². The minimum absolute atomic E-state index is 0.0653. The number of fused-ring (bicyclic) bond motifs is 1. The zero-order chi connectivity index (χ0) is 19.9. The molecule has 2 saturated heterocycles. The van der Waals surface area contributed by atoms with Gasteiger partial charge in [-0.05, 0) is 37.5 Å². The summed E-state index contributed by atoms with van der Waals surface area (Å²) >= 11 is 0. The van der Waals surface area contributed by atoms with Gasteiger partial charge in [-0.3, -0.25) is 9.69 Å². The van der Waals surface area contributed by atoms with Crippen LogP contribution in [-0.2, 0) is 16.3 Å². The lowest BCUT2D eigenvalue weighted by atomic mass is 10.1. The molecule has 0 saturated carbocycles. The van der Waals surface area contributed by atoms with Crippen LogP contribution < -0.4 is 0 Å². The van der Waals surface area contributed by atoms with Crippen LogP contribution in [0.25, 0.3) is 11.0 Å². The lowest BCUT2D eigenvalue weighted by Crippen LogP contribution is -2.52. The van der Waals surface area contributed by atoms with Crippen molar-refractivity contribution in [1.29, 1.82) is 0 Å². The van der Waals surface area contributed by atoms with Crippen molar-refractivity contribution >= 4 is 26.7 Å². The average Bonchev–Trinajstić information content (AvgIpc) is 3.21. The first kappa shape index (κ1) is 19.5. The molecule has 2 fully saturated rings. The third-order valence-corrected chi connectivity index (χ3v) is 7.81. The fraction of sp³-hybridized carbons (Fsp3) is 0.571. The SMILES string of the molecule is CCCc1ccc2oc(C(=O)N3CCN(C4CCS(=O)(=O)C4)CC3)c(C)c2c1. The highest BCUT2D eigenvalue weighted by molar-refractivity contribution is 7.91. The molecular formula is C21H28N2O4S. The van der Waals surface area contributed by atoms with Crippen LogP contribution in [0.15, 0.2) is 22.6 Å². The quantitative estimate of drug-likeness (QED) is 0.783. The van der Waals surface area contributed by atoms with Crippen LogP contribution in [-0.4, -0.2) is 67.9 Å². The van der Waals surface area contributed by atoms with Gasteiger partial charge < -0.3 is 9.32 Å². The van der Waals surface area contributed by atoms with E-state index in [9.17, 15) is 13.2 Å². The molecule has 1 unspecified atom stereocenters. The van der Waals surface area contributed by atoms with Crippen LogP contribution in [0.3, 0.4) is 0 Å². The van der Waals surface area contributed by atoms with Crippen molar-refractivity contribution in [3.05, 3.63) is 35.1 Å². The molecule has 2 aliphatic heterocycles. The van der Waals surface area contributed by atoms with Gasteiger partial charge in [0.2, 0.25) is 0 Å². The second-order valence-corrected chi connectivity index (χ2v) is 10.3. The zero-order valence-corrected chi connectivity index (χ0v) is 17.4. The van der Waals surface area contributed by atoms with Gasteiger partial charge in [0.15, 0.2) is 15.6 Å². The van der Waals surface area contributed by atoms with Crippen molar-refractivity contribution in [2.24, 2.45) is 0 Å². The summed E-state index contributed by atoms with van der Waals surface area (Å²) in [6.07, 6.45) is 2.81. The monoisotopic (exact) mass is 404 g/mol. The second kappa shape index (κ2) is 7.52. The molecule has 6 nitrogen and oxygen atoms in total. The maximum Gasteiger partial charge on any atom is 0.289 e. The number of carbonyl (C=O) groups is 1. The Hall–Kier alpha value is -1.86. The Kier molecular flexibility index (Phi) is 5.22. The Morgan fingerprint density at radius 1 is 1.21 bits per heavy atom. The zero-order valence-electron chi connectivity index (χ0n) is 16.6. The van der Waals surface area contributed by atoms with E-state index in [0.29, 0.717) is 38.4 Å². The van der Waals surface area contributed by atoms with E-state index >= 15 is 0 Å². The van der Waals surface area contributed by atoms with Gasteiger partial charge >= 0.3 is 0 Å². The number of carbonyl (C=O) groups excluding carboxylic acids is 1. The smallest absolute Gasteiger partial charge is 0.289 e. The number of sulfone groups is 1. The number of hydrogen-bond acceptors (Lipinski definition) is 5. The van der Waals surface area contributed by atoms with Crippen LogP contribution >= 0.6 is 0 Å². The van der Waals surface area contributed by atoms with E-state index < -0.39 is 9.84 Å². The molecule has 1 aromatic heterocycles. The summed E-state index contributed by atoms with van der Waals surface area (Å²) in [6.45, 7) is 6.74. The Morgan fingerprint density at radius 2 is 1.96 bits per heavy atom. The van der Waals surface area contributed by atoms with Crippen molar-refractivity contribution in [3.8, 4) is 0 Å². The minimum Gasteiger partial charge on any atom is -0.451 e. The number of furan rings is 1. The molecule has 7 heteroatoms. The Labute approximate surface area is 166 Å². The van der Waals surface area contributed by atoms with Crippen molar-refractivity contribution in [3.63, 3.8) is 0 Å². The number of nitrogens with zero attached hydrogens (tertiary/aromatic N) is 2. The van der Waals surface area contributed by atoms with Crippen molar-refractivity contribution < 1.29 is 17.6 Å². The number of amides is 1. The third kappa shape index (κ3) is 3.70. The van der Waals surface area contributed by atoms with Gasteiger partial charge in [-0.25, -0.2) is 8.42 Å². The fourth-order valence-electron chi connectivity index (χ4n) is 4.41. The van der Waals surface area contributed by atoms with E-state index in [4.69, 9.17) is 4.42 Å². The minimum atomic E-state index is -2.88. The Bertz CT molecular complexity index is 987. The summed E-state index contributed by atoms with van der Waals surface area (Å²) in [5, 5.41) is 1.02. The molecular weight excluding hydrogens is 376 g/mol. The number of hydrogen-bond donors (Lipinski definition) is 0. The van der Waals surface area contributed by atoms with Crippen molar-refractivity contribution in [1.82, 2.24) is 9.80 Å². The van der Waals surface area contributed by atoms with E-state index in [0.717, 1.165) is 29.4 Å². The van der Waals surface area contributed by atoms with E-state index in [-0.39, 0.29) is 23.5 Å². The highest BCUT2D eigenvalue weighted by atomic mass is 32.2. The predicted molar refractivity (Wildman–Crippen MR) is 109 cm³/mol. The fourth-order valence-corrected chi connectivity index (χ4v) is 6.17. The Morgan fingerprint density at radius 3 is 2.61 bits per heavy atom. The number of aryl methyl sites for hydroxylation is 2. The van der Waals surface area contributed by atoms with E-state index in [1.54, 1.807) is 0 Å². The molecule has 1 aromatic carbocycles. The standard InChI is InChI=1S/C21H28N2O4S/c1-3-4-16-5-6-19-18(13-16)15(2)20(27-19)21(24)23-10-8-22(9-11-23)17-7-12-28(25,26)14-17/h5-6,13,17H,3-4,7-12,14H2,1-2H3. The molecule has 0 aliphatic carbocycles.